The van der Waals surface area contributed by atoms with Crippen LogP contribution in [0.25, 0.3) is 10.8 Å². The van der Waals surface area contributed by atoms with Gasteiger partial charge in [0.1, 0.15) is 6.61 Å². The lowest BCUT2D eigenvalue weighted by molar-refractivity contribution is 0.100. The summed E-state index contributed by atoms with van der Waals surface area (Å²) in [7, 11) is 0. The van der Waals surface area contributed by atoms with Crippen LogP contribution in [0.4, 0.5) is 0 Å². The maximum absolute atomic E-state index is 11.9. The molecule has 0 radical (unpaired) electrons. The Labute approximate surface area is 153 Å². The predicted molar refractivity (Wildman–Crippen MR) is 105 cm³/mol. The Balaban J connectivity index is 1.72. The van der Waals surface area contributed by atoms with Gasteiger partial charge in [-0.3, -0.25) is 4.79 Å². The molecule has 0 fully saturated rings. The molecule has 0 aliphatic rings. The summed E-state index contributed by atoms with van der Waals surface area (Å²) in [5.41, 5.74) is 10.5. The fourth-order valence-electron chi connectivity index (χ4n) is 3.14. The lowest BCUT2D eigenvalue weighted by atomic mass is 9.97. The number of hydrogen-bond acceptors (Lipinski definition) is 3. The number of nitrogens with zero attached hydrogens (tertiary/aromatic N) is 1. The molecule has 0 unspecified atom stereocenters. The van der Waals surface area contributed by atoms with Crippen LogP contribution in [0.5, 0.6) is 0 Å². The highest BCUT2D eigenvalue weighted by Crippen LogP contribution is 2.22. The van der Waals surface area contributed by atoms with E-state index in [-0.39, 0.29) is 0 Å². The first kappa shape index (κ1) is 17.7. The van der Waals surface area contributed by atoms with Crippen molar-refractivity contribution in [3.63, 3.8) is 0 Å². The molecule has 1 amide bonds. The summed E-state index contributed by atoms with van der Waals surface area (Å²) in [6.07, 6.45) is 2.15. The molecule has 3 aromatic rings. The first-order chi connectivity index (χ1) is 12.6. The van der Waals surface area contributed by atoms with Crippen molar-refractivity contribution in [2.75, 3.05) is 0 Å². The van der Waals surface area contributed by atoms with Gasteiger partial charge in [-0.25, -0.2) is 0 Å². The van der Waals surface area contributed by atoms with Gasteiger partial charge in [0.25, 0.3) is 0 Å². The van der Waals surface area contributed by atoms with E-state index in [2.05, 4.69) is 31.1 Å². The Bertz CT molecular complexity index is 957. The number of fused-ring (bicyclic) bond motifs is 1. The van der Waals surface area contributed by atoms with Crippen LogP contribution >= 0.6 is 0 Å². The average molecular weight is 346 g/mol. The standard InChI is InChI=1S/C22H22N2O2/c1-15-6-5-7-16(2)20(15)14-26-24-13-12-18-11-10-17-8-3-4-9-19(17)21(18)22(23)25/h3-11,13H,12,14H2,1-2H3,(H2,23,25). The van der Waals surface area contributed by atoms with Gasteiger partial charge >= 0.3 is 0 Å². The Kier molecular flexibility index (Phi) is 5.32. The van der Waals surface area contributed by atoms with E-state index < -0.39 is 5.91 Å². The van der Waals surface area contributed by atoms with E-state index in [4.69, 9.17) is 10.6 Å². The van der Waals surface area contributed by atoms with E-state index in [0.29, 0.717) is 18.6 Å². The molecule has 0 heterocycles. The number of carbonyl (C=O) groups is 1. The maximum atomic E-state index is 11.9. The van der Waals surface area contributed by atoms with Crippen LogP contribution in [0, 0.1) is 13.8 Å². The molecular weight excluding hydrogens is 324 g/mol. The molecule has 0 bridgehead atoms. The summed E-state index contributed by atoms with van der Waals surface area (Å²) in [6.45, 7) is 4.54. The van der Waals surface area contributed by atoms with Crippen LogP contribution in [-0.4, -0.2) is 12.1 Å². The molecule has 0 saturated carbocycles. The smallest absolute Gasteiger partial charge is 0.249 e. The number of carbonyl (C=O) groups excluding carboxylic acids is 1. The third kappa shape index (κ3) is 3.75. The molecule has 0 aromatic heterocycles. The van der Waals surface area contributed by atoms with Gasteiger partial charge in [0.05, 0.1) is 5.56 Å². The highest BCUT2D eigenvalue weighted by atomic mass is 16.6. The second-order valence-electron chi connectivity index (χ2n) is 6.32. The van der Waals surface area contributed by atoms with Crippen molar-refractivity contribution in [3.8, 4) is 0 Å². The van der Waals surface area contributed by atoms with Gasteiger partial charge in [-0.2, -0.15) is 0 Å². The molecule has 0 aliphatic heterocycles. The second-order valence-corrected chi connectivity index (χ2v) is 6.32. The summed E-state index contributed by atoms with van der Waals surface area (Å²) in [5.74, 6) is -0.429. The SMILES string of the molecule is Cc1cccc(C)c1CON=CCc1ccc2ccccc2c1C(N)=O. The molecule has 0 saturated heterocycles. The molecule has 3 rings (SSSR count). The van der Waals surface area contributed by atoms with Gasteiger partial charge in [-0.15, -0.1) is 0 Å². The van der Waals surface area contributed by atoms with E-state index in [1.807, 2.05) is 42.5 Å². The van der Waals surface area contributed by atoms with E-state index in [1.54, 1.807) is 6.21 Å². The second kappa shape index (κ2) is 7.83. The minimum absolute atomic E-state index is 0.426. The number of nitrogens with two attached hydrogens (primary N) is 1. The average Bonchev–Trinajstić information content (AvgIpc) is 2.63. The number of oxime groups is 1. The summed E-state index contributed by atoms with van der Waals surface area (Å²) < 4.78 is 0. The number of amides is 1. The number of hydrogen-bond donors (Lipinski definition) is 1. The number of rotatable bonds is 6. The quantitative estimate of drug-likeness (QED) is 0.534. The fourth-order valence-corrected chi connectivity index (χ4v) is 3.14. The minimum atomic E-state index is -0.429. The third-order valence-electron chi connectivity index (χ3n) is 4.58. The zero-order valence-corrected chi connectivity index (χ0v) is 15.0. The number of primary amides is 1. The van der Waals surface area contributed by atoms with Gasteiger partial charge in [0.2, 0.25) is 5.91 Å². The summed E-state index contributed by atoms with van der Waals surface area (Å²) in [4.78, 5) is 17.4. The summed E-state index contributed by atoms with van der Waals surface area (Å²) >= 11 is 0. The highest BCUT2D eigenvalue weighted by Gasteiger charge is 2.11. The zero-order valence-electron chi connectivity index (χ0n) is 15.0. The first-order valence-electron chi connectivity index (χ1n) is 8.57. The largest absolute Gasteiger partial charge is 0.391 e. The van der Waals surface area contributed by atoms with Gasteiger partial charge in [0, 0.05) is 12.6 Å². The van der Waals surface area contributed by atoms with Crippen LogP contribution in [0.15, 0.2) is 59.8 Å². The topological polar surface area (TPSA) is 64.7 Å². The van der Waals surface area contributed by atoms with Gasteiger partial charge < -0.3 is 10.6 Å². The van der Waals surface area contributed by atoms with E-state index in [0.717, 1.165) is 21.9 Å². The van der Waals surface area contributed by atoms with Crippen molar-refractivity contribution in [3.05, 3.63) is 82.4 Å². The Morgan fingerprint density at radius 3 is 2.50 bits per heavy atom. The molecule has 26 heavy (non-hydrogen) atoms. The van der Waals surface area contributed by atoms with Crippen molar-refractivity contribution in [1.82, 2.24) is 0 Å². The van der Waals surface area contributed by atoms with Crippen molar-refractivity contribution < 1.29 is 9.63 Å². The monoisotopic (exact) mass is 346 g/mol. The van der Waals surface area contributed by atoms with Gasteiger partial charge in [0.15, 0.2) is 0 Å². The van der Waals surface area contributed by atoms with Crippen molar-refractivity contribution in [2.45, 2.75) is 26.9 Å². The van der Waals surface area contributed by atoms with Crippen LogP contribution in [0.2, 0.25) is 0 Å². The molecule has 0 spiro atoms. The van der Waals surface area contributed by atoms with Crippen molar-refractivity contribution in [2.24, 2.45) is 10.9 Å². The molecule has 3 aromatic carbocycles. The zero-order chi connectivity index (χ0) is 18.5. The lowest BCUT2D eigenvalue weighted by Crippen LogP contribution is -2.14. The summed E-state index contributed by atoms with van der Waals surface area (Å²) in [5, 5.41) is 5.90. The van der Waals surface area contributed by atoms with Crippen LogP contribution in [-0.2, 0) is 17.9 Å². The predicted octanol–water partition coefficient (Wildman–Crippen LogP) is 4.30. The molecule has 0 aliphatic carbocycles. The highest BCUT2D eigenvalue weighted by molar-refractivity contribution is 6.08. The fraction of sp³-hybridized carbons (Fsp3) is 0.182. The van der Waals surface area contributed by atoms with Crippen LogP contribution in [0.1, 0.15) is 32.6 Å². The first-order valence-corrected chi connectivity index (χ1v) is 8.57. The van der Waals surface area contributed by atoms with Crippen molar-refractivity contribution >= 4 is 22.9 Å². The molecule has 4 heteroatoms. The molecule has 2 N–H and O–H groups in total. The molecular formula is C22H22N2O2. The Morgan fingerprint density at radius 2 is 1.77 bits per heavy atom. The summed E-state index contributed by atoms with van der Waals surface area (Å²) in [6, 6.07) is 17.8. The normalized spacial score (nSPS) is 11.2. The molecule has 4 nitrogen and oxygen atoms in total. The number of aryl methyl sites for hydroxylation is 2. The van der Waals surface area contributed by atoms with Crippen LogP contribution in [0.3, 0.4) is 0 Å². The van der Waals surface area contributed by atoms with Crippen LogP contribution < -0.4 is 5.73 Å². The molecule has 132 valence electrons. The van der Waals surface area contributed by atoms with E-state index in [1.165, 1.54) is 11.1 Å². The minimum Gasteiger partial charge on any atom is -0.391 e. The third-order valence-corrected chi connectivity index (χ3v) is 4.58. The Morgan fingerprint density at radius 1 is 1.04 bits per heavy atom. The maximum Gasteiger partial charge on any atom is 0.249 e. The van der Waals surface area contributed by atoms with E-state index >= 15 is 0 Å². The van der Waals surface area contributed by atoms with E-state index in [9.17, 15) is 4.79 Å². The Hall–Kier alpha value is -3.14. The van der Waals surface area contributed by atoms with Crippen molar-refractivity contribution in [1.29, 1.82) is 0 Å². The molecule has 0 atom stereocenters. The van der Waals surface area contributed by atoms with Gasteiger partial charge in [-0.1, -0.05) is 59.8 Å². The lowest BCUT2D eigenvalue weighted by Gasteiger charge is -2.09. The van der Waals surface area contributed by atoms with Gasteiger partial charge in [-0.05, 0) is 46.9 Å². The number of benzene rings is 3.